The van der Waals surface area contributed by atoms with Crippen LogP contribution in [0.25, 0.3) is 11.0 Å². The molecule has 1 aromatic heterocycles. The maximum Gasteiger partial charge on any atom is 0.250 e. The van der Waals surface area contributed by atoms with Crippen molar-refractivity contribution in [1.29, 1.82) is 0 Å². The van der Waals surface area contributed by atoms with E-state index in [0.29, 0.717) is 10.7 Å². The van der Waals surface area contributed by atoms with E-state index >= 15 is 0 Å². The number of fused-ring (bicyclic) bond motifs is 1. The minimum atomic E-state index is -0.274. The number of nitroso groups, excluding NO2 is 1. The summed E-state index contributed by atoms with van der Waals surface area (Å²) in [5.41, 5.74) is 4.91. The molecule has 0 saturated carbocycles. The number of amides is 1. The van der Waals surface area contributed by atoms with Crippen LogP contribution < -0.4 is 5.43 Å². The molecule has 0 atom stereocenters. The summed E-state index contributed by atoms with van der Waals surface area (Å²) in [7, 11) is 0. The van der Waals surface area contributed by atoms with E-state index in [4.69, 9.17) is 11.6 Å². The monoisotopic (exact) mass is 373 g/mol. The zero-order valence-electron chi connectivity index (χ0n) is 12.8. The van der Waals surface area contributed by atoms with Crippen LogP contribution in [-0.2, 0) is 4.79 Å². The summed E-state index contributed by atoms with van der Waals surface area (Å²) in [6.45, 7) is 0. The number of hydrogen-bond donors (Lipinski definition) is 2. The number of halogens is 1. The lowest BCUT2D eigenvalue weighted by molar-refractivity contribution is -0.118. The number of benzene rings is 2. The van der Waals surface area contributed by atoms with Gasteiger partial charge in [0.2, 0.25) is 0 Å². The molecule has 3 rings (SSSR count). The summed E-state index contributed by atoms with van der Waals surface area (Å²) in [5, 5.41) is 7.59. The summed E-state index contributed by atoms with van der Waals surface area (Å²) in [4.78, 5) is 29.9. The smallest absolute Gasteiger partial charge is 0.250 e. The van der Waals surface area contributed by atoms with Gasteiger partial charge in [-0.25, -0.2) is 10.4 Å². The van der Waals surface area contributed by atoms with Crippen LogP contribution in [0, 0.1) is 4.91 Å². The van der Waals surface area contributed by atoms with Gasteiger partial charge >= 0.3 is 0 Å². The van der Waals surface area contributed by atoms with Crippen LogP contribution >= 0.6 is 23.4 Å². The van der Waals surface area contributed by atoms with Crippen molar-refractivity contribution >= 4 is 52.2 Å². The quantitative estimate of drug-likeness (QED) is 0.296. The number of carbonyl (C=O) groups is 1. The molecule has 2 aromatic carbocycles. The molecule has 0 saturated heterocycles. The van der Waals surface area contributed by atoms with E-state index in [9.17, 15) is 9.70 Å². The Hall–Kier alpha value is -2.71. The first-order valence-corrected chi connectivity index (χ1v) is 8.54. The van der Waals surface area contributed by atoms with Crippen LogP contribution in [0.3, 0.4) is 0 Å². The zero-order valence-corrected chi connectivity index (χ0v) is 14.3. The Balaban J connectivity index is 1.53. The van der Waals surface area contributed by atoms with E-state index in [1.807, 2.05) is 24.3 Å². The summed E-state index contributed by atoms with van der Waals surface area (Å²) >= 11 is 7.07. The average Bonchev–Trinajstić information content (AvgIpc) is 3.04. The highest BCUT2D eigenvalue weighted by Gasteiger charge is 2.06. The second kappa shape index (κ2) is 7.91. The van der Waals surface area contributed by atoms with Crippen molar-refractivity contribution < 1.29 is 4.79 Å². The third-order valence-electron chi connectivity index (χ3n) is 3.18. The van der Waals surface area contributed by atoms with Crippen LogP contribution in [0.15, 0.2) is 57.9 Å². The Bertz CT molecular complexity index is 924. The highest BCUT2D eigenvalue weighted by Crippen LogP contribution is 2.24. The standard InChI is InChI=1S/C16H12ClN5O2S/c17-11-6-5-10(7-14(11)22-24)8-18-21-15(23)9-25-16-19-12-3-1-2-4-13(12)20-16/h1-8H,9H2,(H,19,20)(H,21,23)/b18-8+. The van der Waals surface area contributed by atoms with E-state index in [2.05, 4.69) is 25.7 Å². The molecule has 126 valence electrons. The topological polar surface area (TPSA) is 99.6 Å². The predicted molar refractivity (Wildman–Crippen MR) is 99.5 cm³/mol. The molecule has 1 heterocycles. The fraction of sp³-hybridized carbons (Fsp3) is 0.0625. The Morgan fingerprint density at radius 3 is 2.96 bits per heavy atom. The van der Waals surface area contributed by atoms with Crippen LogP contribution in [0.2, 0.25) is 5.02 Å². The van der Waals surface area contributed by atoms with Crippen LogP contribution in [0.5, 0.6) is 0 Å². The Labute approximate surface area is 151 Å². The SMILES string of the molecule is O=Nc1cc(/C=N/NC(=O)CSc2nc3ccccc3[nH]2)ccc1Cl. The molecule has 7 nitrogen and oxygen atoms in total. The number of para-hydroxylation sites is 2. The van der Waals surface area contributed by atoms with Crippen molar-refractivity contribution in [1.82, 2.24) is 15.4 Å². The van der Waals surface area contributed by atoms with Crippen molar-refractivity contribution in [3.05, 3.63) is 58.0 Å². The van der Waals surface area contributed by atoms with Gasteiger partial charge in [-0.15, -0.1) is 4.91 Å². The summed E-state index contributed by atoms with van der Waals surface area (Å²) in [5.74, 6) is -0.108. The fourth-order valence-electron chi connectivity index (χ4n) is 2.02. The van der Waals surface area contributed by atoms with Gasteiger partial charge in [0.15, 0.2) is 5.16 Å². The van der Waals surface area contributed by atoms with Crippen molar-refractivity contribution in [2.45, 2.75) is 5.16 Å². The number of nitrogens with zero attached hydrogens (tertiary/aromatic N) is 3. The molecule has 0 unspecified atom stereocenters. The minimum Gasteiger partial charge on any atom is -0.333 e. The number of hydrogen-bond acceptors (Lipinski definition) is 6. The first kappa shape index (κ1) is 17.1. The van der Waals surface area contributed by atoms with Crippen LogP contribution in [0.4, 0.5) is 5.69 Å². The summed E-state index contributed by atoms with van der Waals surface area (Å²) < 4.78 is 0. The molecule has 0 aliphatic heterocycles. The summed E-state index contributed by atoms with van der Waals surface area (Å²) in [6, 6.07) is 12.3. The van der Waals surface area contributed by atoms with Crippen molar-refractivity contribution in [3.63, 3.8) is 0 Å². The number of aromatic nitrogens is 2. The largest absolute Gasteiger partial charge is 0.333 e. The average molecular weight is 374 g/mol. The molecule has 2 N–H and O–H groups in total. The highest BCUT2D eigenvalue weighted by molar-refractivity contribution is 7.99. The Morgan fingerprint density at radius 1 is 1.32 bits per heavy atom. The minimum absolute atomic E-state index is 0.123. The third kappa shape index (κ3) is 4.43. The first-order chi connectivity index (χ1) is 12.2. The zero-order chi connectivity index (χ0) is 17.6. The van der Waals surface area contributed by atoms with Gasteiger partial charge in [-0.3, -0.25) is 4.79 Å². The molecule has 0 aliphatic rings. The van der Waals surface area contributed by atoms with E-state index < -0.39 is 0 Å². The maximum atomic E-state index is 11.8. The van der Waals surface area contributed by atoms with Crippen LogP contribution in [-0.4, -0.2) is 27.8 Å². The molecule has 0 radical (unpaired) electrons. The number of rotatable bonds is 6. The van der Waals surface area contributed by atoms with E-state index in [1.165, 1.54) is 24.0 Å². The second-order valence-corrected chi connectivity index (χ2v) is 6.31. The molecular weight excluding hydrogens is 362 g/mol. The van der Waals surface area contributed by atoms with Gasteiger partial charge in [0.05, 0.1) is 28.0 Å². The highest BCUT2D eigenvalue weighted by atomic mass is 35.5. The van der Waals surface area contributed by atoms with Gasteiger partial charge in [0.25, 0.3) is 5.91 Å². The molecular formula is C16H12ClN5O2S. The third-order valence-corrected chi connectivity index (χ3v) is 4.37. The Kier molecular flexibility index (Phi) is 5.42. The van der Waals surface area contributed by atoms with Gasteiger partial charge < -0.3 is 4.98 Å². The molecule has 0 bridgehead atoms. The molecule has 0 spiro atoms. The number of thioether (sulfide) groups is 1. The number of carbonyl (C=O) groups excluding carboxylic acids is 1. The van der Waals surface area contributed by atoms with E-state index in [0.717, 1.165) is 11.0 Å². The van der Waals surface area contributed by atoms with E-state index in [-0.39, 0.29) is 22.4 Å². The number of imidazole rings is 1. The van der Waals surface area contributed by atoms with E-state index in [1.54, 1.807) is 12.1 Å². The summed E-state index contributed by atoms with van der Waals surface area (Å²) in [6.07, 6.45) is 1.41. The molecule has 25 heavy (non-hydrogen) atoms. The van der Waals surface area contributed by atoms with Gasteiger partial charge in [-0.05, 0) is 35.0 Å². The predicted octanol–water partition coefficient (Wildman–Crippen LogP) is 3.86. The number of aromatic amines is 1. The molecule has 9 heteroatoms. The van der Waals surface area contributed by atoms with Gasteiger partial charge in [-0.1, -0.05) is 41.6 Å². The molecule has 3 aromatic rings. The van der Waals surface area contributed by atoms with Gasteiger partial charge in [-0.2, -0.15) is 5.10 Å². The first-order valence-electron chi connectivity index (χ1n) is 7.18. The molecule has 1 amide bonds. The lowest BCUT2D eigenvalue weighted by atomic mass is 10.2. The van der Waals surface area contributed by atoms with Gasteiger partial charge in [0.1, 0.15) is 5.69 Å². The van der Waals surface area contributed by atoms with Crippen molar-refractivity contribution in [2.75, 3.05) is 5.75 Å². The second-order valence-electron chi connectivity index (χ2n) is 4.94. The van der Waals surface area contributed by atoms with Crippen molar-refractivity contribution in [3.8, 4) is 0 Å². The van der Waals surface area contributed by atoms with Crippen LogP contribution in [0.1, 0.15) is 5.56 Å². The number of hydrazone groups is 1. The van der Waals surface area contributed by atoms with Gasteiger partial charge in [0, 0.05) is 0 Å². The molecule has 0 fully saturated rings. The Morgan fingerprint density at radius 2 is 2.16 bits per heavy atom. The molecule has 0 aliphatic carbocycles. The number of nitrogens with one attached hydrogen (secondary N) is 2. The lowest BCUT2D eigenvalue weighted by Crippen LogP contribution is -2.19. The lowest BCUT2D eigenvalue weighted by Gasteiger charge is -1.99. The maximum absolute atomic E-state index is 11.8. The fourth-order valence-corrected chi connectivity index (χ4v) is 2.85. The number of H-pyrrole nitrogens is 1. The van der Waals surface area contributed by atoms with Crippen molar-refractivity contribution in [2.24, 2.45) is 10.3 Å². The normalized spacial score (nSPS) is 11.1.